The lowest BCUT2D eigenvalue weighted by atomic mass is 10.2. The average molecular weight is 378 g/mol. The normalized spacial score (nSPS) is 10.7. The molecule has 0 fully saturated rings. The maximum absolute atomic E-state index is 12.0. The van der Waals surface area contributed by atoms with Gasteiger partial charge in [-0.05, 0) is 40.3 Å². The van der Waals surface area contributed by atoms with Gasteiger partial charge in [-0.1, -0.05) is 30.3 Å². The Labute approximate surface area is 129 Å². The number of halogens is 1. The van der Waals surface area contributed by atoms with Crippen LogP contribution in [0.25, 0.3) is 11.0 Å². The Morgan fingerprint density at radius 2 is 2.05 bits per heavy atom. The highest BCUT2D eigenvalue weighted by atomic mass is 127. The Bertz CT molecular complexity index is 753. The summed E-state index contributed by atoms with van der Waals surface area (Å²) in [5.74, 6) is -0.373. The van der Waals surface area contributed by atoms with Gasteiger partial charge in [0.25, 0.3) is 0 Å². The first kappa shape index (κ1) is 13.1. The summed E-state index contributed by atoms with van der Waals surface area (Å²) in [6.07, 6.45) is 1.75. The Balaban J connectivity index is 1.75. The van der Waals surface area contributed by atoms with E-state index in [0.29, 0.717) is 11.3 Å². The Morgan fingerprint density at radius 1 is 1.25 bits per heavy atom. The number of H-pyrrole nitrogens is 1. The van der Waals surface area contributed by atoms with Gasteiger partial charge in [-0.3, -0.25) is 0 Å². The lowest BCUT2D eigenvalue weighted by Crippen LogP contribution is -2.05. The highest BCUT2D eigenvalue weighted by Gasteiger charge is 2.11. The minimum atomic E-state index is -0.373. The molecule has 0 bridgehead atoms. The van der Waals surface area contributed by atoms with Crippen molar-refractivity contribution < 1.29 is 9.53 Å². The molecule has 0 aliphatic carbocycles. The molecule has 100 valence electrons. The number of fused-ring (bicyclic) bond motifs is 1. The van der Waals surface area contributed by atoms with Crippen LogP contribution in [0.5, 0.6) is 0 Å². The number of nitrogens with zero attached hydrogens (tertiary/aromatic N) is 1. The number of carbonyl (C=O) groups is 1. The van der Waals surface area contributed by atoms with Crippen molar-refractivity contribution in [1.29, 1.82) is 0 Å². The Kier molecular flexibility index (Phi) is 3.68. The maximum Gasteiger partial charge on any atom is 0.355 e. The molecule has 1 aromatic carbocycles. The standard InChI is InChI=1S/C15H11IN2O2/c16-12-6-11-7-13(18-14(11)17-8-12)15(19)20-9-10-4-2-1-3-5-10/h1-8H,9H2,(H,17,18). The number of aromatic amines is 1. The van der Waals surface area contributed by atoms with E-state index in [2.05, 4.69) is 32.6 Å². The number of ether oxygens (including phenoxy) is 1. The van der Waals surface area contributed by atoms with Gasteiger partial charge in [0.1, 0.15) is 17.9 Å². The molecule has 20 heavy (non-hydrogen) atoms. The van der Waals surface area contributed by atoms with E-state index in [9.17, 15) is 4.79 Å². The first-order valence-corrected chi connectivity index (χ1v) is 7.15. The highest BCUT2D eigenvalue weighted by Crippen LogP contribution is 2.16. The summed E-state index contributed by atoms with van der Waals surface area (Å²) in [5.41, 5.74) is 2.08. The van der Waals surface area contributed by atoms with E-state index in [4.69, 9.17) is 4.74 Å². The summed E-state index contributed by atoms with van der Waals surface area (Å²) in [7, 11) is 0. The molecule has 0 spiro atoms. The second-order valence-electron chi connectivity index (χ2n) is 4.34. The van der Waals surface area contributed by atoms with E-state index in [1.54, 1.807) is 12.3 Å². The molecule has 0 amide bonds. The van der Waals surface area contributed by atoms with Gasteiger partial charge in [0.05, 0.1) is 0 Å². The van der Waals surface area contributed by atoms with Crippen molar-refractivity contribution >= 4 is 39.6 Å². The number of pyridine rings is 1. The maximum atomic E-state index is 12.0. The van der Waals surface area contributed by atoms with Crippen molar-refractivity contribution in [1.82, 2.24) is 9.97 Å². The monoisotopic (exact) mass is 378 g/mol. The van der Waals surface area contributed by atoms with Crippen LogP contribution in [0, 0.1) is 3.57 Å². The quantitative estimate of drug-likeness (QED) is 0.561. The average Bonchev–Trinajstić information content (AvgIpc) is 2.89. The number of benzene rings is 1. The number of esters is 1. The van der Waals surface area contributed by atoms with Crippen LogP contribution in [0.1, 0.15) is 16.1 Å². The number of nitrogens with one attached hydrogen (secondary N) is 1. The van der Waals surface area contributed by atoms with Gasteiger partial charge in [-0.2, -0.15) is 0 Å². The predicted molar refractivity (Wildman–Crippen MR) is 84.4 cm³/mol. The molecule has 4 nitrogen and oxygen atoms in total. The molecule has 5 heteroatoms. The molecule has 3 rings (SSSR count). The molecule has 0 aliphatic heterocycles. The van der Waals surface area contributed by atoms with Gasteiger partial charge in [-0.15, -0.1) is 0 Å². The van der Waals surface area contributed by atoms with Crippen molar-refractivity contribution in [2.24, 2.45) is 0 Å². The number of aromatic nitrogens is 2. The molecular formula is C15H11IN2O2. The van der Waals surface area contributed by atoms with Crippen LogP contribution in [0.15, 0.2) is 48.7 Å². The van der Waals surface area contributed by atoms with Crippen LogP contribution in [-0.4, -0.2) is 15.9 Å². The van der Waals surface area contributed by atoms with Crippen molar-refractivity contribution in [3.05, 3.63) is 63.5 Å². The molecule has 0 unspecified atom stereocenters. The molecule has 0 saturated heterocycles. The van der Waals surface area contributed by atoms with E-state index in [-0.39, 0.29) is 12.6 Å². The minimum Gasteiger partial charge on any atom is -0.456 e. The van der Waals surface area contributed by atoms with Crippen LogP contribution in [0.3, 0.4) is 0 Å². The van der Waals surface area contributed by atoms with E-state index in [0.717, 1.165) is 14.5 Å². The Morgan fingerprint density at radius 3 is 2.85 bits per heavy atom. The molecule has 0 saturated carbocycles. The lowest BCUT2D eigenvalue weighted by Gasteiger charge is -2.02. The summed E-state index contributed by atoms with van der Waals surface area (Å²) < 4.78 is 6.30. The molecular weight excluding hydrogens is 367 g/mol. The van der Waals surface area contributed by atoms with Crippen molar-refractivity contribution in [2.75, 3.05) is 0 Å². The fourth-order valence-corrected chi connectivity index (χ4v) is 2.37. The topological polar surface area (TPSA) is 55.0 Å². The molecule has 3 aromatic rings. The van der Waals surface area contributed by atoms with Crippen LogP contribution in [0.4, 0.5) is 0 Å². The van der Waals surface area contributed by atoms with Crippen LogP contribution in [-0.2, 0) is 11.3 Å². The fraction of sp³-hybridized carbons (Fsp3) is 0.0667. The van der Waals surface area contributed by atoms with Crippen LogP contribution < -0.4 is 0 Å². The summed E-state index contributed by atoms with van der Waals surface area (Å²) >= 11 is 2.19. The Hall–Kier alpha value is -1.89. The highest BCUT2D eigenvalue weighted by molar-refractivity contribution is 14.1. The lowest BCUT2D eigenvalue weighted by molar-refractivity contribution is 0.0467. The van der Waals surface area contributed by atoms with Gasteiger partial charge >= 0.3 is 5.97 Å². The minimum absolute atomic E-state index is 0.264. The van der Waals surface area contributed by atoms with E-state index >= 15 is 0 Å². The smallest absolute Gasteiger partial charge is 0.355 e. The number of hydrogen-bond acceptors (Lipinski definition) is 3. The van der Waals surface area contributed by atoms with E-state index < -0.39 is 0 Å². The third-order valence-corrected chi connectivity index (χ3v) is 3.46. The summed E-state index contributed by atoms with van der Waals surface area (Å²) in [6, 6.07) is 13.3. The van der Waals surface area contributed by atoms with E-state index in [1.165, 1.54) is 0 Å². The number of rotatable bonds is 3. The van der Waals surface area contributed by atoms with Crippen molar-refractivity contribution in [3.8, 4) is 0 Å². The zero-order valence-electron chi connectivity index (χ0n) is 10.5. The molecule has 0 atom stereocenters. The van der Waals surface area contributed by atoms with Gasteiger partial charge in [0.2, 0.25) is 0 Å². The van der Waals surface area contributed by atoms with E-state index in [1.807, 2.05) is 36.4 Å². The van der Waals surface area contributed by atoms with Gasteiger partial charge in [0.15, 0.2) is 0 Å². The van der Waals surface area contributed by atoms with Crippen molar-refractivity contribution in [3.63, 3.8) is 0 Å². The molecule has 1 N–H and O–H groups in total. The molecule has 0 radical (unpaired) electrons. The predicted octanol–water partition coefficient (Wildman–Crippen LogP) is 3.52. The zero-order chi connectivity index (χ0) is 13.9. The molecule has 2 aromatic heterocycles. The summed E-state index contributed by atoms with van der Waals surface area (Å²) in [6.45, 7) is 0.264. The summed E-state index contributed by atoms with van der Waals surface area (Å²) in [5, 5.41) is 0.906. The zero-order valence-corrected chi connectivity index (χ0v) is 12.6. The van der Waals surface area contributed by atoms with Gasteiger partial charge in [-0.25, -0.2) is 9.78 Å². The van der Waals surface area contributed by atoms with Crippen LogP contribution >= 0.6 is 22.6 Å². The second-order valence-corrected chi connectivity index (χ2v) is 5.58. The SMILES string of the molecule is O=C(OCc1ccccc1)c1cc2cc(I)cnc2[nH]1. The molecule has 2 heterocycles. The number of carbonyl (C=O) groups excluding carboxylic acids is 1. The summed E-state index contributed by atoms with van der Waals surface area (Å²) in [4.78, 5) is 19.2. The second kappa shape index (κ2) is 5.62. The fourth-order valence-electron chi connectivity index (χ4n) is 1.90. The van der Waals surface area contributed by atoms with Gasteiger partial charge < -0.3 is 9.72 Å². The largest absolute Gasteiger partial charge is 0.456 e. The first-order chi connectivity index (χ1) is 9.72. The van der Waals surface area contributed by atoms with Crippen molar-refractivity contribution in [2.45, 2.75) is 6.61 Å². The number of hydrogen-bond donors (Lipinski definition) is 1. The third kappa shape index (κ3) is 2.82. The molecule has 0 aliphatic rings. The van der Waals surface area contributed by atoms with Gasteiger partial charge in [0, 0.05) is 15.2 Å². The third-order valence-electron chi connectivity index (χ3n) is 2.87. The first-order valence-electron chi connectivity index (χ1n) is 6.08. The van der Waals surface area contributed by atoms with Crippen LogP contribution in [0.2, 0.25) is 0 Å².